The number of halogens is 1. The number of carbonyl (C=O) groups excluding carboxylic acids is 3. The molecule has 2 aliphatic rings. The lowest BCUT2D eigenvalue weighted by molar-refractivity contribution is -0.141. The van der Waals surface area contributed by atoms with E-state index in [0.29, 0.717) is 24.5 Å². The number of nitrogens with one attached hydrogen (secondary N) is 2. The van der Waals surface area contributed by atoms with Crippen molar-refractivity contribution in [2.75, 3.05) is 0 Å². The minimum Gasteiger partial charge on any atom is -0.374 e. The molecule has 162 valence electrons. The van der Waals surface area contributed by atoms with E-state index in [2.05, 4.69) is 10.6 Å². The Bertz CT molecular complexity index is 1060. The largest absolute Gasteiger partial charge is 0.374 e. The number of nitrogens with zero attached hydrogens (tertiary/aromatic N) is 1. The zero-order valence-electron chi connectivity index (χ0n) is 17.2. The first-order valence-corrected chi connectivity index (χ1v) is 10.6. The Morgan fingerprint density at radius 1 is 1.23 bits per heavy atom. The van der Waals surface area contributed by atoms with Gasteiger partial charge in [-0.05, 0) is 47.2 Å². The maximum absolute atomic E-state index is 12.3. The van der Waals surface area contributed by atoms with Crippen LogP contribution < -0.4 is 10.6 Å². The number of rotatable bonds is 5. The van der Waals surface area contributed by atoms with E-state index >= 15 is 0 Å². The van der Waals surface area contributed by atoms with Gasteiger partial charge in [0.2, 0.25) is 17.7 Å². The van der Waals surface area contributed by atoms with Crippen LogP contribution in [0.25, 0.3) is 0 Å². The summed E-state index contributed by atoms with van der Waals surface area (Å²) in [7, 11) is 0. The molecule has 2 heterocycles. The second-order valence-electron chi connectivity index (χ2n) is 8.08. The minimum absolute atomic E-state index is 0.106. The number of piperidine rings is 1. The normalized spacial score (nSPS) is 21.0. The van der Waals surface area contributed by atoms with Crippen molar-refractivity contribution < 1.29 is 19.5 Å². The molecule has 2 aromatic rings. The molecule has 0 radical (unpaired) electrons. The number of carbonyl (C=O) groups is 3. The molecule has 0 aliphatic carbocycles. The molecule has 1 fully saturated rings. The summed E-state index contributed by atoms with van der Waals surface area (Å²) in [6, 6.07) is 10.7. The van der Waals surface area contributed by atoms with Crippen molar-refractivity contribution in [3.8, 4) is 0 Å². The van der Waals surface area contributed by atoms with Crippen molar-refractivity contribution in [2.24, 2.45) is 0 Å². The van der Waals surface area contributed by atoms with Crippen LogP contribution in [0.3, 0.4) is 0 Å². The number of imide groups is 1. The monoisotopic (exact) mass is 441 g/mol. The van der Waals surface area contributed by atoms with Crippen LogP contribution in [-0.2, 0) is 33.9 Å². The molecule has 2 aromatic carbocycles. The van der Waals surface area contributed by atoms with E-state index in [0.717, 1.165) is 27.8 Å². The van der Waals surface area contributed by atoms with Crippen LogP contribution in [-0.4, -0.2) is 33.8 Å². The first kappa shape index (κ1) is 21.5. The first-order chi connectivity index (χ1) is 14.8. The minimum atomic E-state index is -0.895. The Kier molecular flexibility index (Phi) is 6.09. The Labute approximate surface area is 185 Å². The predicted molar refractivity (Wildman–Crippen MR) is 115 cm³/mol. The molecule has 0 spiro atoms. The molecule has 3 amide bonds. The first-order valence-electron chi connectivity index (χ1n) is 10.2. The summed E-state index contributed by atoms with van der Waals surface area (Å²) in [5.41, 5.74) is 4.39. The highest BCUT2D eigenvalue weighted by molar-refractivity contribution is 6.31. The molecule has 3 N–H and O–H groups in total. The molecule has 2 atom stereocenters. The molecule has 7 nitrogen and oxygen atoms in total. The van der Waals surface area contributed by atoms with Gasteiger partial charge >= 0.3 is 0 Å². The van der Waals surface area contributed by atoms with Crippen molar-refractivity contribution >= 4 is 29.3 Å². The van der Waals surface area contributed by atoms with Crippen LogP contribution in [0.15, 0.2) is 36.4 Å². The molecule has 0 saturated carbocycles. The third-order valence-corrected chi connectivity index (χ3v) is 6.26. The number of hydrogen-bond donors (Lipinski definition) is 3. The van der Waals surface area contributed by atoms with Gasteiger partial charge in [-0.25, -0.2) is 0 Å². The number of aliphatic hydroxyl groups excluding tert-OH is 1. The Morgan fingerprint density at radius 2 is 2.00 bits per heavy atom. The quantitative estimate of drug-likeness (QED) is 0.617. The molecule has 31 heavy (non-hydrogen) atoms. The van der Waals surface area contributed by atoms with Gasteiger partial charge in [0.15, 0.2) is 0 Å². The van der Waals surface area contributed by atoms with E-state index in [1.165, 1.54) is 0 Å². The predicted octanol–water partition coefficient (Wildman–Crippen LogP) is 2.12. The standard InChI is InChI=1S/C23H24ClN3O4/c1-13-2-3-14(9-18(13)24)10-21(29)25-11-15-4-5-17-16(8-15)12-27(23(17)31)19-6-7-20(28)26-22(19)30/h2-5,8-9,19,23,31H,6-7,10-12H2,1H3,(H,25,29)(H,26,28,30)/t19?,23-/m1/s1. The lowest BCUT2D eigenvalue weighted by atomic mass is 10.0. The Morgan fingerprint density at radius 3 is 2.74 bits per heavy atom. The molecule has 2 aliphatic heterocycles. The SMILES string of the molecule is Cc1ccc(CC(=O)NCc2ccc3c(c2)CN(C2CCC(=O)NC2=O)[C@@H]3O)cc1Cl. The molecule has 4 rings (SSSR count). The lowest BCUT2D eigenvalue weighted by Crippen LogP contribution is -2.51. The fourth-order valence-electron chi connectivity index (χ4n) is 4.09. The van der Waals surface area contributed by atoms with Gasteiger partial charge in [0.1, 0.15) is 6.23 Å². The number of amides is 3. The van der Waals surface area contributed by atoms with Crippen molar-refractivity contribution in [3.05, 3.63) is 69.2 Å². The van der Waals surface area contributed by atoms with Gasteiger partial charge in [-0.15, -0.1) is 0 Å². The second kappa shape index (κ2) is 8.78. The van der Waals surface area contributed by atoms with Crippen LogP contribution in [0.5, 0.6) is 0 Å². The molecule has 1 saturated heterocycles. The molecular weight excluding hydrogens is 418 g/mol. The van der Waals surface area contributed by atoms with E-state index in [4.69, 9.17) is 11.6 Å². The van der Waals surface area contributed by atoms with Crippen LogP contribution in [0.1, 0.15) is 46.9 Å². The van der Waals surface area contributed by atoms with E-state index in [1.54, 1.807) is 11.0 Å². The summed E-state index contributed by atoms with van der Waals surface area (Å²) in [5, 5.41) is 16.6. The number of hydrogen-bond acceptors (Lipinski definition) is 5. The highest BCUT2D eigenvalue weighted by Crippen LogP contribution is 2.35. The van der Waals surface area contributed by atoms with E-state index in [9.17, 15) is 19.5 Å². The van der Waals surface area contributed by atoms with E-state index < -0.39 is 12.3 Å². The van der Waals surface area contributed by atoms with E-state index in [1.807, 2.05) is 37.3 Å². The average molecular weight is 442 g/mol. The van der Waals surface area contributed by atoms with Crippen LogP contribution in [0, 0.1) is 6.92 Å². The Balaban J connectivity index is 1.37. The van der Waals surface area contributed by atoms with Crippen LogP contribution >= 0.6 is 11.6 Å². The van der Waals surface area contributed by atoms with Gasteiger partial charge in [0.05, 0.1) is 12.5 Å². The van der Waals surface area contributed by atoms with Crippen molar-refractivity contribution in [1.29, 1.82) is 0 Å². The van der Waals surface area contributed by atoms with Crippen LogP contribution in [0.4, 0.5) is 0 Å². The van der Waals surface area contributed by atoms with Gasteiger partial charge in [0, 0.05) is 24.5 Å². The zero-order valence-corrected chi connectivity index (χ0v) is 17.9. The smallest absolute Gasteiger partial charge is 0.244 e. The van der Waals surface area contributed by atoms with E-state index in [-0.39, 0.29) is 30.6 Å². The summed E-state index contributed by atoms with van der Waals surface area (Å²) in [5.74, 6) is -0.754. The van der Waals surface area contributed by atoms with Crippen molar-refractivity contribution in [2.45, 2.75) is 51.5 Å². The topological polar surface area (TPSA) is 98.7 Å². The van der Waals surface area contributed by atoms with Gasteiger partial charge in [0.25, 0.3) is 0 Å². The molecule has 8 heteroatoms. The fourth-order valence-corrected chi connectivity index (χ4v) is 4.30. The fraction of sp³-hybridized carbons (Fsp3) is 0.348. The number of benzene rings is 2. The third-order valence-electron chi connectivity index (χ3n) is 5.85. The molecule has 1 unspecified atom stereocenters. The molecular formula is C23H24ClN3O4. The average Bonchev–Trinajstić information content (AvgIpc) is 3.05. The van der Waals surface area contributed by atoms with Crippen LogP contribution in [0.2, 0.25) is 5.02 Å². The van der Waals surface area contributed by atoms with Crippen molar-refractivity contribution in [1.82, 2.24) is 15.5 Å². The molecule has 0 bridgehead atoms. The van der Waals surface area contributed by atoms with Crippen molar-refractivity contribution in [3.63, 3.8) is 0 Å². The molecule has 0 aromatic heterocycles. The summed E-state index contributed by atoms with van der Waals surface area (Å²) in [6.45, 7) is 2.69. The zero-order chi connectivity index (χ0) is 22.1. The second-order valence-corrected chi connectivity index (χ2v) is 8.49. The number of aryl methyl sites for hydroxylation is 1. The summed E-state index contributed by atoms with van der Waals surface area (Å²) < 4.78 is 0. The summed E-state index contributed by atoms with van der Waals surface area (Å²) in [6.07, 6.45) is 0.00232. The number of fused-ring (bicyclic) bond motifs is 1. The lowest BCUT2D eigenvalue weighted by Gasteiger charge is -2.31. The number of aliphatic hydroxyl groups is 1. The Hall–Kier alpha value is -2.74. The van der Waals surface area contributed by atoms with Gasteiger partial charge in [-0.2, -0.15) is 0 Å². The highest BCUT2D eigenvalue weighted by atomic mass is 35.5. The maximum Gasteiger partial charge on any atom is 0.244 e. The highest BCUT2D eigenvalue weighted by Gasteiger charge is 2.39. The maximum atomic E-state index is 12.3. The van der Waals surface area contributed by atoms with Gasteiger partial charge in [-0.1, -0.05) is 41.9 Å². The van der Waals surface area contributed by atoms with Gasteiger partial charge in [-0.3, -0.25) is 24.6 Å². The third kappa shape index (κ3) is 4.63. The summed E-state index contributed by atoms with van der Waals surface area (Å²) in [4.78, 5) is 37.6. The van der Waals surface area contributed by atoms with Gasteiger partial charge < -0.3 is 10.4 Å². The summed E-state index contributed by atoms with van der Waals surface area (Å²) >= 11 is 6.12.